The maximum absolute atomic E-state index is 12.8. The number of carbonyl (C=O) groups excluding carboxylic acids is 1. The Bertz CT molecular complexity index is 926. The first kappa shape index (κ1) is 18.6. The van der Waals surface area contributed by atoms with E-state index in [4.69, 9.17) is 9.47 Å². The Balaban J connectivity index is 1.36. The second-order valence-corrected chi connectivity index (χ2v) is 8.64. The highest BCUT2D eigenvalue weighted by Gasteiger charge is 2.64. The van der Waals surface area contributed by atoms with E-state index in [0.717, 1.165) is 36.5 Å². The minimum atomic E-state index is -0.426. The standard InChI is InChI=1S/C22H28N4O3/c1-15(2)18-14-29-22-8-9-24(20(22)10-21(27)26(18)22)12-16-11-23-25(13-16)17-6-4-5-7-19(17)28-3/h4-7,11,13,15,18,20H,8-10,12,14H2,1-3H3/t18-,20+,22-/m0/s1. The van der Waals surface area contributed by atoms with Gasteiger partial charge < -0.3 is 14.4 Å². The van der Waals surface area contributed by atoms with Crippen molar-refractivity contribution in [2.45, 2.75) is 51.0 Å². The van der Waals surface area contributed by atoms with Crippen LogP contribution in [0.15, 0.2) is 36.7 Å². The summed E-state index contributed by atoms with van der Waals surface area (Å²) in [4.78, 5) is 17.3. The fraction of sp³-hybridized carbons (Fsp3) is 0.545. The van der Waals surface area contributed by atoms with Gasteiger partial charge in [-0.25, -0.2) is 4.68 Å². The van der Waals surface area contributed by atoms with Crippen LogP contribution in [0.3, 0.4) is 0 Å². The van der Waals surface area contributed by atoms with E-state index in [0.29, 0.717) is 18.9 Å². The number of likely N-dealkylation sites (tertiary alicyclic amines) is 1. The number of hydrogen-bond acceptors (Lipinski definition) is 5. The van der Waals surface area contributed by atoms with E-state index in [1.165, 1.54) is 0 Å². The van der Waals surface area contributed by atoms with Gasteiger partial charge in [-0.2, -0.15) is 5.10 Å². The zero-order valence-electron chi connectivity index (χ0n) is 17.2. The molecule has 7 heteroatoms. The summed E-state index contributed by atoms with van der Waals surface area (Å²) < 4.78 is 13.6. The van der Waals surface area contributed by atoms with Gasteiger partial charge in [0.25, 0.3) is 0 Å². The van der Waals surface area contributed by atoms with E-state index < -0.39 is 5.72 Å². The van der Waals surface area contributed by atoms with E-state index >= 15 is 0 Å². The number of amides is 1. The average molecular weight is 396 g/mol. The van der Waals surface area contributed by atoms with Crippen LogP contribution in [-0.4, -0.2) is 63.6 Å². The first-order chi connectivity index (χ1) is 14.0. The topological polar surface area (TPSA) is 59.8 Å². The summed E-state index contributed by atoms with van der Waals surface area (Å²) in [6, 6.07) is 8.17. The van der Waals surface area contributed by atoms with Gasteiger partial charge in [-0.3, -0.25) is 9.69 Å². The second kappa shape index (κ2) is 6.85. The molecule has 0 radical (unpaired) electrons. The molecule has 154 valence electrons. The Labute approximate surface area is 171 Å². The molecule has 3 atom stereocenters. The molecular weight excluding hydrogens is 368 g/mol. The lowest BCUT2D eigenvalue weighted by molar-refractivity contribution is -0.139. The number of carbonyl (C=O) groups is 1. The highest BCUT2D eigenvalue weighted by molar-refractivity contribution is 5.82. The molecule has 1 aromatic carbocycles. The lowest BCUT2D eigenvalue weighted by Gasteiger charge is -2.34. The number of ether oxygens (including phenoxy) is 2. The lowest BCUT2D eigenvalue weighted by atomic mass is 10.0. The molecule has 5 rings (SSSR count). The second-order valence-electron chi connectivity index (χ2n) is 8.64. The van der Waals surface area contributed by atoms with Crippen LogP contribution < -0.4 is 4.74 Å². The van der Waals surface area contributed by atoms with Gasteiger partial charge in [0.2, 0.25) is 5.91 Å². The van der Waals surface area contributed by atoms with Crippen LogP contribution >= 0.6 is 0 Å². The van der Waals surface area contributed by atoms with E-state index in [1.807, 2.05) is 41.3 Å². The highest BCUT2D eigenvalue weighted by atomic mass is 16.5. The minimum Gasteiger partial charge on any atom is -0.494 e. The number of rotatable bonds is 5. The van der Waals surface area contributed by atoms with Crippen molar-refractivity contribution in [2.24, 2.45) is 5.92 Å². The van der Waals surface area contributed by atoms with E-state index in [-0.39, 0.29) is 18.0 Å². The van der Waals surface area contributed by atoms with Gasteiger partial charge in [0.05, 0.1) is 32.0 Å². The first-order valence-electron chi connectivity index (χ1n) is 10.4. The predicted molar refractivity (Wildman–Crippen MR) is 108 cm³/mol. The highest BCUT2D eigenvalue weighted by Crippen LogP contribution is 2.49. The third kappa shape index (κ3) is 2.79. The summed E-state index contributed by atoms with van der Waals surface area (Å²) in [5.74, 6) is 1.43. The molecule has 2 aromatic rings. The molecule has 4 heterocycles. The maximum Gasteiger partial charge on any atom is 0.226 e. The molecule has 0 bridgehead atoms. The minimum absolute atomic E-state index is 0.119. The molecule has 0 unspecified atom stereocenters. The summed E-state index contributed by atoms with van der Waals surface area (Å²) in [6.07, 6.45) is 5.37. The molecule has 3 saturated heterocycles. The smallest absolute Gasteiger partial charge is 0.226 e. The van der Waals surface area contributed by atoms with Gasteiger partial charge in [-0.1, -0.05) is 26.0 Å². The zero-order valence-corrected chi connectivity index (χ0v) is 17.2. The SMILES string of the molecule is COc1ccccc1-n1cc(CN2CC[C@@]34OC[C@@H](C(C)C)N3C(=O)C[C@@H]24)cn1. The van der Waals surface area contributed by atoms with Crippen molar-refractivity contribution in [1.82, 2.24) is 19.6 Å². The number of para-hydroxylation sites is 2. The third-order valence-electron chi connectivity index (χ3n) is 6.72. The van der Waals surface area contributed by atoms with Crippen molar-refractivity contribution in [3.63, 3.8) is 0 Å². The number of nitrogens with zero attached hydrogens (tertiary/aromatic N) is 4. The molecule has 0 N–H and O–H groups in total. The van der Waals surface area contributed by atoms with E-state index in [1.54, 1.807) is 7.11 Å². The van der Waals surface area contributed by atoms with Crippen LogP contribution in [0.4, 0.5) is 0 Å². The largest absolute Gasteiger partial charge is 0.494 e. The molecule has 3 aliphatic rings. The van der Waals surface area contributed by atoms with Gasteiger partial charge in [-0.15, -0.1) is 0 Å². The predicted octanol–water partition coefficient (Wildman–Crippen LogP) is 2.44. The van der Waals surface area contributed by atoms with Crippen molar-refractivity contribution < 1.29 is 14.3 Å². The monoisotopic (exact) mass is 396 g/mol. The average Bonchev–Trinajstić information content (AvgIpc) is 3.45. The normalized spacial score (nSPS) is 29.0. The fourth-order valence-electron chi connectivity index (χ4n) is 5.27. The lowest BCUT2D eigenvalue weighted by Crippen LogP contribution is -2.50. The quantitative estimate of drug-likeness (QED) is 0.777. The number of hydrogen-bond donors (Lipinski definition) is 0. The zero-order chi connectivity index (χ0) is 20.2. The molecule has 3 fully saturated rings. The van der Waals surface area contributed by atoms with Crippen LogP contribution in [0.5, 0.6) is 5.75 Å². The van der Waals surface area contributed by atoms with Gasteiger partial charge in [0.15, 0.2) is 5.72 Å². The summed E-state index contributed by atoms with van der Waals surface area (Å²) in [5, 5.41) is 4.54. The molecular formula is C22H28N4O3. The Kier molecular flexibility index (Phi) is 4.40. The van der Waals surface area contributed by atoms with Crippen LogP contribution in [0.2, 0.25) is 0 Å². The molecule has 7 nitrogen and oxygen atoms in total. The van der Waals surface area contributed by atoms with Gasteiger partial charge in [-0.05, 0) is 18.1 Å². The molecule has 0 aliphatic carbocycles. The first-order valence-corrected chi connectivity index (χ1v) is 10.4. The maximum atomic E-state index is 12.8. The van der Waals surface area contributed by atoms with E-state index in [9.17, 15) is 4.79 Å². The third-order valence-corrected chi connectivity index (χ3v) is 6.72. The summed E-state index contributed by atoms with van der Waals surface area (Å²) in [7, 11) is 1.67. The number of benzene rings is 1. The molecule has 29 heavy (non-hydrogen) atoms. The van der Waals surface area contributed by atoms with Gasteiger partial charge in [0, 0.05) is 37.7 Å². The Morgan fingerprint density at radius 1 is 1.34 bits per heavy atom. The molecule has 1 aromatic heterocycles. The number of methoxy groups -OCH3 is 1. The van der Waals surface area contributed by atoms with Gasteiger partial charge >= 0.3 is 0 Å². The van der Waals surface area contributed by atoms with Crippen LogP contribution in [0, 0.1) is 5.92 Å². The van der Waals surface area contributed by atoms with Crippen molar-refractivity contribution >= 4 is 5.91 Å². The van der Waals surface area contributed by atoms with Gasteiger partial charge in [0.1, 0.15) is 11.4 Å². The summed E-state index contributed by atoms with van der Waals surface area (Å²) in [6.45, 7) is 6.69. The Hall–Kier alpha value is -2.38. The van der Waals surface area contributed by atoms with Crippen molar-refractivity contribution in [2.75, 3.05) is 20.3 Å². The van der Waals surface area contributed by atoms with Crippen LogP contribution in [0.25, 0.3) is 5.69 Å². The Morgan fingerprint density at radius 3 is 2.97 bits per heavy atom. The fourth-order valence-corrected chi connectivity index (χ4v) is 5.27. The molecule has 3 aliphatic heterocycles. The van der Waals surface area contributed by atoms with Crippen molar-refractivity contribution in [3.05, 3.63) is 42.2 Å². The van der Waals surface area contributed by atoms with Crippen LogP contribution in [-0.2, 0) is 16.1 Å². The van der Waals surface area contributed by atoms with Crippen molar-refractivity contribution in [1.29, 1.82) is 0 Å². The van der Waals surface area contributed by atoms with Crippen LogP contribution in [0.1, 0.15) is 32.3 Å². The molecule has 1 amide bonds. The summed E-state index contributed by atoms with van der Waals surface area (Å²) in [5.41, 5.74) is 1.61. The molecule has 0 saturated carbocycles. The summed E-state index contributed by atoms with van der Waals surface area (Å²) >= 11 is 0. The number of aromatic nitrogens is 2. The van der Waals surface area contributed by atoms with Crippen molar-refractivity contribution in [3.8, 4) is 11.4 Å². The van der Waals surface area contributed by atoms with E-state index in [2.05, 4.69) is 28.7 Å². The Morgan fingerprint density at radius 2 is 2.17 bits per heavy atom. The molecule has 1 spiro atoms.